The summed E-state index contributed by atoms with van der Waals surface area (Å²) in [6.07, 6.45) is 5.89. The molecule has 2 rings (SSSR count). The third-order valence-corrected chi connectivity index (χ3v) is 3.93. The molecular weight excluding hydrogens is 226 g/mol. The molecule has 1 atom stereocenters. The number of aliphatic hydroxyl groups is 1. The van der Waals surface area contributed by atoms with E-state index in [4.69, 9.17) is 4.74 Å². The summed E-state index contributed by atoms with van der Waals surface area (Å²) >= 11 is 0. The van der Waals surface area contributed by atoms with Gasteiger partial charge in [0.05, 0.1) is 18.3 Å². The van der Waals surface area contributed by atoms with Gasteiger partial charge >= 0.3 is 0 Å². The summed E-state index contributed by atoms with van der Waals surface area (Å²) in [5.41, 5.74) is 0.880. The Balaban J connectivity index is 2.07. The van der Waals surface area contributed by atoms with Crippen molar-refractivity contribution in [2.75, 3.05) is 19.7 Å². The lowest BCUT2D eigenvalue weighted by Gasteiger charge is -2.32. The molecule has 0 saturated carbocycles. The molecule has 0 aliphatic carbocycles. The minimum atomic E-state index is -0.699. The number of hydrogen-bond donors (Lipinski definition) is 1. The average molecular weight is 253 g/mol. The number of hydrogen-bond acceptors (Lipinski definition) is 3. The van der Waals surface area contributed by atoms with Crippen LogP contribution in [-0.4, -0.2) is 46.9 Å². The van der Waals surface area contributed by atoms with Crippen LogP contribution in [0, 0.1) is 0 Å². The van der Waals surface area contributed by atoms with Gasteiger partial charge in [-0.25, -0.2) is 0 Å². The van der Waals surface area contributed by atoms with Crippen molar-refractivity contribution in [3.05, 3.63) is 11.6 Å². The molecule has 0 aromatic rings. The van der Waals surface area contributed by atoms with Gasteiger partial charge in [0.1, 0.15) is 0 Å². The van der Waals surface area contributed by atoms with Crippen molar-refractivity contribution in [3.63, 3.8) is 0 Å². The molecule has 2 aliphatic rings. The Hall–Kier alpha value is -0.380. The van der Waals surface area contributed by atoms with Crippen molar-refractivity contribution >= 4 is 0 Å². The maximum atomic E-state index is 9.92. The zero-order valence-corrected chi connectivity index (χ0v) is 12.2. The van der Waals surface area contributed by atoms with Gasteiger partial charge in [0.2, 0.25) is 0 Å². The van der Waals surface area contributed by atoms with Crippen LogP contribution in [0.5, 0.6) is 0 Å². The maximum Gasteiger partial charge on any atom is 0.0774 e. The Morgan fingerprint density at radius 3 is 2.83 bits per heavy atom. The SMILES string of the molecule is CC(C)OC[C@@]12CCCN1C/C(=C\C(C)(C)O)C2. The summed E-state index contributed by atoms with van der Waals surface area (Å²) < 4.78 is 5.88. The fraction of sp³-hybridized carbons (Fsp3) is 0.867. The molecule has 18 heavy (non-hydrogen) atoms. The monoisotopic (exact) mass is 253 g/mol. The molecule has 0 aromatic carbocycles. The molecule has 3 heteroatoms. The number of rotatable bonds is 4. The highest BCUT2D eigenvalue weighted by Gasteiger charge is 2.46. The summed E-state index contributed by atoms with van der Waals surface area (Å²) in [6.45, 7) is 10.9. The Bertz CT molecular complexity index is 330. The van der Waals surface area contributed by atoms with Crippen molar-refractivity contribution in [2.45, 2.75) is 64.2 Å². The van der Waals surface area contributed by atoms with Gasteiger partial charge in [0.25, 0.3) is 0 Å². The molecule has 2 heterocycles. The Morgan fingerprint density at radius 1 is 1.50 bits per heavy atom. The summed E-state index contributed by atoms with van der Waals surface area (Å²) in [5.74, 6) is 0. The number of fused-ring (bicyclic) bond motifs is 1. The smallest absolute Gasteiger partial charge is 0.0774 e. The number of ether oxygens (including phenoxy) is 1. The van der Waals surface area contributed by atoms with Gasteiger partial charge in [-0.1, -0.05) is 11.6 Å². The van der Waals surface area contributed by atoms with E-state index in [2.05, 4.69) is 18.7 Å². The zero-order valence-electron chi connectivity index (χ0n) is 12.2. The molecule has 3 nitrogen and oxygen atoms in total. The van der Waals surface area contributed by atoms with Gasteiger partial charge in [0.15, 0.2) is 0 Å². The van der Waals surface area contributed by atoms with E-state index in [1.54, 1.807) is 0 Å². The van der Waals surface area contributed by atoms with Gasteiger partial charge in [-0.3, -0.25) is 4.90 Å². The minimum Gasteiger partial charge on any atom is -0.386 e. The molecule has 0 aromatic heterocycles. The van der Waals surface area contributed by atoms with Gasteiger partial charge in [0, 0.05) is 12.1 Å². The van der Waals surface area contributed by atoms with Crippen LogP contribution < -0.4 is 0 Å². The second-order valence-electron chi connectivity index (χ2n) is 6.74. The van der Waals surface area contributed by atoms with E-state index in [1.165, 1.54) is 25.0 Å². The van der Waals surface area contributed by atoms with Crippen molar-refractivity contribution in [2.24, 2.45) is 0 Å². The highest BCUT2D eigenvalue weighted by atomic mass is 16.5. The van der Waals surface area contributed by atoms with E-state index in [0.29, 0.717) is 6.10 Å². The third kappa shape index (κ3) is 3.14. The Kier molecular flexibility index (Phi) is 3.86. The van der Waals surface area contributed by atoms with Crippen LogP contribution in [0.15, 0.2) is 11.6 Å². The van der Waals surface area contributed by atoms with Crippen molar-refractivity contribution in [1.82, 2.24) is 4.90 Å². The molecule has 2 aliphatic heterocycles. The van der Waals surface area contributed by atoms with E-state index in [9.17, 15) is 5.11 Å². The molecule has 0 bridgehead atoms. The third-order valence-electron chi connectivity index (χ3n) is 3.93. The Labute approximate surface area is 111 Å². The van der Waals surface area contributed by atoms with Crippen LogP contribution in [-0.2, 0) is 4.74 Å². The summed E-state index contributed by atoms with van der Waals surface area (Å²) in [6, 6.07) is 0. The van der Waals surface area contributed by atoms with Crippen LogP contribution in [0.2, 0.25) is 0 Å². The van der Waals surface area contributed by atoms with E-state index in [0.717, 1.165) is 19.6 Å². The molecule has 104 valence electrons. The lowest BCUT2D eigenvalue weighted by Crippen LogP contribution is -2.43. The fourth-order valence-corrected chi connectivity index (χ4v) is 3.30. The van der Waals surface area contributed by atoms with Crippen molar-refractivity contribution in [1.29, 1.82) is 0 Å². The standard InChI is InChI=1S/C15H27NO2/c1-12(2)18-11-15-6-5-7-16(15)10-13(9-15)8-14(3,4)17/h8,12,17H,5-7,9-11H2,1-4H3/b13-8-/t15-/m0/s1. The molecule has 0 amide bonds. The molecule has 0 unspecified atom stereocenters. The van der Waals surface area contributed by atoms with Crippen molar-refractivity contribution in [3.8, 4) is 0 Å². The molecule has 1 N–H and O–H groups in total. The molecule has 2 saturated heterocycles. The largest absolute Gasteiger partial charge is 0.386 e. The van der Waals surface area contributed by atoms with Gasteiger partial charge in [-0.2, -0.15) is 0 Å². The van der Waals surface area contributed by atoms with Crippen LogP contribution in [0.25, 0.3) is 0 Å². The van der Waals surface area contributed by atoms with E-state index >= 15 is 0 Å². The van der Waals surface area contributed by atoms with E-state index in [1.807, 2.05) is 19.9 Å². The maximum absolute atomic E-state index is 9.92. The predicted molar refractivity (Wildman–Crippen MR) is 73.6 cm³/mol. The highest BCUT2D eigenvalue weighted by molar-refractivity contribution is 5.23. The first kappa shape index (κ1) is 14.0. The second kappa shape index (κ2) is 4.95. The summed E-state index contributed by atoms with van der Waals surface area (Å²) in [7, 11) is 0. The van der Waals surface area contributed by atoms with E-state index in [-0.39, 0.29) is 5.54 Å². The molecule has 0 radical (unpaired) electrons. The van der Waals surface area contributed by atoms with E-state index < -0.39 is 5.60 Å². The summed E-state index contributed by atoms with van der Waals surface area (Å²) in [5, 5.41) is 9.92. The zero-order chi connectivity index (χ0) is 13.4. The first-order valence-corrected chi connectivity index (χ1v) is 7.10. The number of nitrogens with zero attached hydrogens (tertiary/aromatic N) is 1. The molecule has 2 fully saturated rings. The fourth-order valence-electron chi connectivity index (χ4n) is 3.30. The predicted octanol–water partition coefficient (Wildman–Crippen LogP) is 2.35. The molecular formula is C15H27NO2. The Morgan fingerprint density at radius 2 is 2.22 bits per heavy atom. The summed E-state index contributed by atoms with van der Waals surface area (Å²) in [4.78, 5) is 2.55. The lowest BCUT2D eigenvalue weighted by molar-refractivity contribution is 0.00327. The topological polar surface area (TPSA) is 32.7 Å². The normalized spacial score (nSPS) is 31.6. The first-order valence-electron chi connectivity index (χ1n) is 7.10. The van der Waals surface area contributed by atoms with Crippen LogP contribution >= 0.6 is 0 Å². The van der Waals surface area contributed by atoms with Crippen LogP contribution in [0.1, 0.15) is 47.0 Å². The van der Waals surface area contributed by atoms with Gasteiger partial charge in [-0.05, 0) is 53.5 Å². The average Bonchev–Trinajstić information content (AvgIpc) is 2.68. The van der Waals surface area contributed by atoms with Crippen LogP contribution in [0.4, 0.5) is 0 Å². The van der Waals surface area contributed by atoms with Crippen LogP contribution in [0.3, 0.4) is 0 Å². The van der Waals surface area contributed by atoms with Gasteiger partial charge in [-0.15, -0.1) is 0 Å². The molecule has 0 spiro atoms. The minimum absolute atomic E-state index is 0.210. The quantitative estimate of drug-likeness (QED) is 0.781. The second-order valence-corrected chi connectivity index (χ2v) is 6.74. The highest BCUT2D eigenvalue weighted by Crippen LogP contribution is 2.42. The van der Waals surface area contributed by atoms with Crippen molar-refractivity contribution < 1.29 is 9.84 Å². The van der Waals surface area contributed by atoms with Gasteiger partial charge < -0.3 is 9.84 Å². The lowest BCUT2D eigenvalue weighted by atomic mass is 9.92. The first-order chi connectivity index (χ1) is 8.31.